The smallest absolute Gasteiger partial charge is 0.372 e. The molecule has 0 fully saturated rings. The quantitative estimate of drug-likeness (QED) is 0.893. The van der Waals surface area contributed by atoms with Gasteiger partial charge in [-0.3, -0.25) is 0 Å². The van der Waals surface area contributed by atoms with Crippen molar-refractivity contribution in [2.24, 2.45) is 5.73 Å². The Bertz CT molecular complexity index is 382. The molecule has 2 nitrogen and oxygen atoms in total. The summed E-state index contributed by atoms with van der Waals surface area (Å²) in [6.07, 6.45) is -5.81. The van der Waals surface area contributed by atoms with E-state index >= 15 is 0 Å². The van der Waals surface area contributed by atoms with E-state index in [1.807, 2.05) is 0 Å². The molecule has 2 atom stereocenters. The molecule has 102 valence electrons. The maximum atomic E-state index is 12.0. The van der Waals surface area contributed by atoms with Crippen LogP contribution in [0, 0.1) is 0 Å². The lowest BCUT2D eigenvalue weighted by Crippen LogP contribution is -2.28. The van der Waals surface area contributed by atoms with E-state index in [0.29, 0.717) is 10.6 Å². The number of hydrogen-bond acceptors (Lipinski definition) is 2. The normalized spacial score (nSPS) is 15.4. The van der Waals surface area contributed by atoms with Crippen molar-refractivity contribution in [3.63, 3.8) is 0 Å². The summed E-state index contributed by atoms with van der Waals surface area (Å²) < 4.78 is 41.3. The average molecular weight is 282 g/mol. The molecule has 0 aliphatic heterocycles. The zero-order valence-corrected chi connectivity index (χ0v) is 10.6. The van der Waals surface area contributed by atoms with Gasteiger partial charge in [0.1, 0.15) is 0 Å². The highest BCUT2D eigenvalue weighted by Gasteiger charge is 2.28. The summed E-state index contributed by atoms with van der Waals surface area (Å²) >= 11 is 5.82. The van der Waals surface area contributed by atoms with E-state index in [1.54, 1.807) is 31.2 Å². The molecular formula is C12H15ClF3NO. The molecule has 0 amide bonds. The van der Waals surface area contributed by atoms with Crippen LogP contribution in [0.25, 0.3) is 0 Å². The Balaban J connectivity index is 2.66. The van der Waals surface area contributed by atoms with Crippen LogP contribution in [0.2, 0.25) is 5.02 Å². The lowest BCUT2D eigenvalue weighted by atomic mass is 10.0. The Morgan fingerprint density at radius 1 is 1.39 bits per heavy atom. The molecule has 0 saturated carbocycles. The Hall–Kier alpha value is -0.780. The Morgan fingerprint density at radius 2 is 2.06 bits per heavy atom. The molecule has 1 aromatic carbocycles. The van der Waals surface area contributed by atoms with Crippen LogP contribution in [0.15, 0.2) is 24.3 Å². The van der Waals surface area contributed by atoms with Gasteiger partial charge in [-0.2, -0.15) is 13.2 Å². The van der Waals surface area contributed by atoms with Crippen molar-refractivity contribution >= 4 is 11.6 Å². The van der Waals surface area contributed by atoms with Crippen molar-refractivity contribution < 1.29 is 17.9 Å². The molecule has 2 N–H and O–H groups in total. The van der Waals surface area contributed by atoms with E-state index in [0.717, 1.165) is 0 Å². The lowest BCUT2D eigenvalue weighted by molar-refractivity contribution is -0.150. The summed E-state index contributed by atoms with van der Waals surface area (Å²) in [5, 5.41) is 0.498. The standard InChI is InChI=1S/C12H15ClF3NO/c1-8(17)11(18-6-5-12(14,15)16)9-3-2-4-10(13)7-9/h2-4,7-8,11H,5-6,17H2,1H3. The van der Waals surface area contributed by atoms with Gasteiger partial charge in [0.25, 0.3) is 0 Å². The van der Waals surface area contributed by atoms with Crippen LogP contribution >= 0.6 is 11.6 Å². The van der Waals surface area contributed by atoms with E-state index in [9.17, 15) is 13.2 Å². The monoisotopic (exact) mass is 281 g/mol. The minimum atomic E-state index is -4.23. The van der Waals surface area contributed by atoms with Gasteiger partial charge in [-0.1, -0.05) is 23.7 Å². The number of rotatable bonds is 5. The highest BCUT2D eigenvalue weighted by Crippen LogP contribution is 2.25. The van der Waals surface area contributed by atoms with Gasteiger partial charge in [0.15, 0.2) is 0 Å². The molecule has 2 unspecified atom stereocenters. The first-order valence-corrected chi connectivity index (χ1v) is 5.87. The SMILES string of the molecule is CC(N)C(OCCC(F)(F)F)c1cccc(Cl)c1. The average Bonchev–Trinajstić information content (AvgIpc) is 2.22. The van der Waals surface area contributed by atoms with Gasteiger partial charge in [0.05, 0.1) is 19.1 Å². The summed E-state index contributed by atoms with van der Waals surface area (Å²) in [7, 11) is 0. The minimum Gasteiger partial charge on any atom is -0.372 e. The summed E-state index contributed by atoms with van der Waals surface area (Å²) in [5.41, 5.74) is 6.40. The number of alkyl halides is 3. The van der Waals surface area contributed by atoms with E-state index in [-0.39, 0.29) is 0 Å². The molecule has 0 heterocycles. The first-order valence-electron chi connectivity index (χ1n) is 5.49. The van der Waals surface area contributed by atoms with Crippen molar-refractivity contribution in [3.05, 3.63) is 34.9 Å². The molecular weight excluding hydrogens is 267 g/mol. The third-order valence-electron chi connectivity index (χ3n) is 2.34. The summed E-state index contributed by atoms with van der Waals surface area (Å²) in [5.74, 6) is 0. The largest absolute Gasteiger partial charge is 0.391 e. The number of benzene rings is 1. The zero-order valence-electron chi connectivity index (χ0n) is 9.88. The summed E-state index contributed by atoms with van der Waals surface area (Å²) in [6.45, 7) is 1.27. The van der Waals surface area contributed by atoms with Crippen LogP contribution in [-0.4, -0.2) is 18.8 Å². The maximum Gasteiger partial charge on any atom is 0.391 e. The second-order valence-electron chi connectivity index (χ2n) is 4.07. The molecule has 0 aliphatic carbocycles. The van der Waals surface area contributed by atoms with Gasteiger partial charge in [-0.25, -0.2) is 0 Å². The Kier molecular flexibility index (Phi) is 5.44. The predicted octanol–water partition coefficient (Wildman–Crippen LogP) is 3.70. The van der Waals surface area contributed by atoms with E-state index in [4.69, 9.17) is 22.1 Å². The third-order valence-corrected chi connectivity index (χ3v) is 2.57. The lowest BCUT2D eigenvalue weighted by Gasteiger charge is -2.22. The molecule has 1 rings (SSSR count). The first-order chi connectivity index (χ1) is 8.29. The molecule has 1 aromatic rings. The van der Waals surface area contributed by atoms with Crippen LogP contribution in [-0.2, 0) is 4.74 Å². The van der Waals surface area contributed by atoms with Crippen LogP contribution in [0.1, 0.15) is 25.0 Å². The second-order valence-corrected chi connectivity index (χ2v) is 4.51. The zero-order chi connectivity index (χ0) is 13.8. The molecule has 0 aromatic heterocycles. The van der Waals surface area contributed by atoms with Gasteiger partial charge in [0, 0.05) is 11.1 Å². The van der Waals surface area contributed by atoms with Crippen molar-refractivity contribution in [1.82, 2.24) is 0 Å². The van der Waals surface area contributed by atoms with Gasteiger partial charge in [-0.05, 0) is 24.6 Å². The van der Waals surface area contributed by atoms with Gasteiger partial charge in [0.2, 0.25) is 0 Å². The fourth-order valence-electron chi connectivity index (χ4n) is 1.54. The van der Waals surface area contributed by atoms with E-state index < -0.39 is 31.3 Å². The molecule has 6 heteroatoms. The van der Waals surface area contributed by atoms with Crippen molar-refractivity contribution in [1.29, 1.82) is 0 Å². The van der Waals surface area contributed by atoms with Crippen molar-refractivity contribution in [2.45, 2.75) is 31.7 Å². The van der Waals surface area contributed by atoms with E-state index in [2.05, 4.69) is 0 Å². The molecule has 0 spiro atoms. The molecule has 0 radical (unpaired) electrons. The molecule has 0 aliphatic rings. The van der Waals surface area contributed by atoms with Gasteiger partial charge < -0.3 is 10.5 Å². The predicted molar refractivity (Wildman–Crippen MR) is 64.5 cm³/mol. The maximum absolute atomic E-state index is 12.0. The van der Waals surface area contributed by atoms with E-state index in [1.165, 1.54) is 0 Å². The van der Waals surface area contributed by atoms with Crippen LogP contribution in [0.5, 0.6) is 0 Å². The molecule has 0 saturated heterocycles. The summed E-state index contributed by atoms with van der Waals surface area (Å²) in [4.78, 5) is 0. The molecule has 18 heavy (non-hydrogen) atoms. The number of ether oxygens (including phenoxy) is 1. The highest BCUT2D eigenvalue weighted by molar-refractivity contribution is 6.30. The van der Waals surface area contributed by atoms with Gasteiger partial charge >= 0.3 is 6.18 Å². The summed E-state index contributed by atoms with van der Waals surface area (Å²) in [6, 6.07) is 6.34. The fraction of sp³-hybridized carbons (Fsp3) is 0.500. The minimum absolute atomic E-state index is 0.414. The van der Waals surface area contributed by atoms with Crippen molar-refractivity contribution in [3.8, 4) is 0 Å². The van der Waals surface area contributed by atoms with Gasteiger partial charge in [-0.15, -0.1) is 0 Å². The first kappa shape index (κ1) is 15.3. The van der Waals surface area contributed by atoms with Crippen molar-refractivity contribution in [2.75, 3.05) is 6.61 Å². The highest BCUT2D eigenvalue weighted by atomic mass is 35.5. The topological polar surface area (TPSA) is 35.2 Å². The number of nitrogens with two attached hydrogens (primary N) is 1. The third kappa shape index (κ3) is 5.25. The van der Waals surface area contributed by atoms with Crippen LogP contribution < -0.4 is 5.73 Å². The Labute approximate surface area is 109 Å². The second kappa shape index (κ2) is 6.41. The number of hydrogen-bond donors (Lipinski definition) is 1. The fourth-order valence-corrected chi connectivity index (χ4v) is 1.74. The molecule has 0 bridgehead atoms. The Morgan fingerprint density at radius 3 is 2.56 bits per heavy atom. The van der Waals surface area contributed by atoms with Crippen LogP contribution in [0.4, 0.5) is 13.2 Å². The van der Waals surface area contributed by atoms with Crippen LogP contribution in [0.3, 0.4) is 0 Å². The number of halogens is 4.